The summed E-state index contributed by atoms with van der Waals surface area (Å²) in [6.45, 7) is 3.77. The molecule has 0 spiro atoms. The first-order valence-corrected chi connectivity index (χ1v) is 7.43. The van der Waals surface area contributed by atoms with Gasteiger partial charge in [0.05, 0.1) is 7.11 Å². The van der Waals surface area contributed by atoms with Crippen LogP contribution in [0.2, 0.25) is 0 Å². The van der Waals surface area contributed by atoms with Crippen LogP contribution in [0.5, 0.6) is 11.5 Å². The van der Waals surface area contributed by atoms with Crippen LogP contribution in [0.4, 0.5) is 5.69 Å². The average Bonchev–Trinajstić information content (AvgIpc) is 2.56. The molecule has 0 heterocycles. The minimum absolute atomic E-state index is 0.0160. The van der Waals surface area contributed by atoms with Crippen molar-refractivity contribution in [1.29, 1.82) is 0 Å². The van der Waals surface area contributed by atoms with E-state index in [1.165, 1.54) is 7.11 Å². The fourth-order valence-corrected chi connectivity index (χ4v) is 2.18. The van der Waals surface area contributed by atoms with Crippen molar-refractivity contribution in [3.05, 3.63) is 53.1 Å². The van der Waals surface area contributed by atoms with Crippen molar-refractivity contribution in [2.24, 2.45) is 0 Å². The van der Waals surface area contributed by atoms with Gasteiger partial charge < -0.3 is 20.5 Å². The normalized spacial score (nSPS) is 10.1. The maximum atomic E-state index is 12.0. The molecule has 0 saturated heterocycles. The fraction of sp³-hybridized carbons (Fsp3) is 0.222. The van der Waals surface area contributed by atoms with Gasteiger partial charge in [-0.1, -0.05) is 24.3 Å². The standard InChI is InChI=1S/C18H20N2O4/c1-11-7-8-12(2)14(9-11)20-18(23)17(22)19-10-13-5-4-6-15(24-3)16(13)21/h4-9,21H,10H2,1-3H3,(H,19,22)(H,20,23). The molecule has 0 unspecified atom stereocenters. The van der Waals surface area contributed by atoms with E-state index in [0.717, 1.165) is 11.1 Å². The monoisotopic (exact) mass is 328 g/mol. The number of hydrogen-bond donors (Lipinski definition) is 3. The van der Waals surface area contributed by atoms with E-state index in [0.29, 0.717) is 17.0 Å². The van der Waals surface area contributed by atoms with Crippen molar-refractivity contribution in [1.82, 2.24) is 5.32 Å². The first-order chi connectivity index (χ1) is 11.4. The Labute approximate surface area is 140 Å². The van der Waals surface area contributed by atoms with Gasteiger partial charge >= 0.3 is 11.8 Å². The second-order valence-electron chi connectivity index (χ2n) is 5.42. The molecule has 0 aromatic heterocycles. The lowest BCUT2D eigenvalue weighted by Crippen LogP contribution is -2.35. The van der Waals surface area contributed by atoms with Crippen LogP contribution in [-0.4, -0.2) is 24.0 Å². The number of phenolic OH excluding ortho intramolecular Hbond substituents is 1. The van der Waals surface area contributed by atoms with Gasteiger partial charge in [0.25, 0.3) is 0 Å². The molecule has 24 heavy (non-hydrogen) atoms. The van der Waals surface area contributed by atoms with Gasteiger partial charge in [-0.25, -0.2) is 0 Å². The van der Waals surface area contributed by atoms with Gasteiger partial charge in [-0.3, -0.25) is 9.59 Å². The van der Waals surface area contributed by atoms with E-state index in [2.05, 4.69) is 10.6 Å². The van der Waals surface area contributed by atoms with Crippen LogP contribution in [0, 0.1) is 13.8 Å². The highest BCUT2D eigenvalue weighted by atomic mass is 16.5. The van der Waals surface area contributed by atoms with Crippen molar-refractivity contribution in [2.75, 3.05) is 12.4 Å². The minimum Gasteiger partial charge on any atom is -0.504 e. The van der Waals surface area contributed by atoms with Gasteiger partial charge in [-0.2, -0.15) is 0 Å². The number of rotatable bonds is 4. The molecule has 126 valence electrons. The summed E-state index contributed by atoms with van der Waals surface area (Å²) in [4.78, 5) is 23.9. The molecule has 0 bridgehead atoms. The minimum atomic E-state index is -0.780. The predicted octanol–water partition coefficient (Wildman–Crippen LogP) is 2.27. The summed E-state index contributed by atoms with van der Waals surface area (Å²) in [5.41, 5.74) is 2.91. The van der Waals surface area contributed by atoms with Crippen LogP contribution >= 0.6 is 0 Å². The molecule has 6 heteroatoms. The number of phenols is 1. The topological polar surface area (TPSA) is 87.7 Å². The number of anilines is 1. The van der Waals surface area contributed by atoms with Gasteiger partial charge in [-0.05, 0) is 37.1 Å². The lowest BCUT2D eigenvalue weighted by atomic mass is 10.1. The van der Waals surface area contributed by atoms with E-state index >= 15 is 0 Å². The van der Waals surface area contributed by atoms with E-state index in [-0.39, 0.29) is 12.3 Å². The van der Waals surface area contributed by atoms with Gasteiger partial charge in [-0.15, -0.1) is 0 Å². The number of amides is 2. The van der Waals surface area contributed by atoms with Crippen LogP contribution in [0.15, 0.2) is 36.4 Å². The quantitative estimate of drug-likeness (QED) is 0.751. The Bertz CT molecular complexity index is 772. The largest absolute Gasteiger partial charge is 0.504 e. The van der Waals surface area contributed by atoms with Crippen molar-refractivity contribution < 1.29 is 19.4 Å². The molecule has 2 amide bonds. The number of aromatic hydroxyl groups is 1. The number of carbonyl (C=O) groups excluding carboxylic acids is 2. The van der Waals surface area contributed by atoms with Gasteiger partial charge in [0, 0.05) is 17.8 Å². The third-order valence-corrected chi connectivity index (χ3v) is 3.59. The maximum Gasteiger partial charge on any atom is 0.313 e. The Balaban J connectivity index is 2.00. The van der Waals surface area contributed by atoms with E-state index in [1.54, 1.807) is 24.3 Å². The molecule has 0 aliphatic carbocycles. The Hall–Kier alpha value is -3.02. The molecule has 6 nitrogen and oxygen atoms in total. The fourth-order valence-electron chi connectivity index (χ4n) is 2.18. The third kappa shape index (κ3) is 4.04. The number of aryl methyl sites for hydroxylation is 2. The Morgan fingerprint density at radius 1 is 1.12 bits per heavy atom. The highest BCUT2D eigenvalue weighted by Gasteiger charge is 2.16. The number of para-hydroxylation sites is 1. The first kappa shape index (κ1) is 17.3. The lowest BCUT2D eigenvalue weighted by Gasteiger charge is -2.11. The number of methoxy groups -OCH3 is 1. The summed E-state index contributed by atoms with van der Waals surface area (Å²) >= 11 is 0. The molecule has 2 aromatic rings. The molecular weight excluding hydrogens is 308 g/mol. The second kappa shape index (κ2) is 7.50. The van der Waals surface area contributed by atoms with E-state index in [1.807, 2.05) is 26.0 Å². The summed E-state index contributed by atoms with van der Waals surface area (Å²) in [5.74, 6) is -1.29. The molecule has 0 atom stereocenters. The zero-order chi connectivity index (χ0) is 17.7. The summed E-state index contributed by atoms with van der Waals surface area (Å²) in [7, 11) is 1.44. The molecule has 0 aliphatic heterocycles. The van der Waals surface area contributed by atoms with Crippen molar-refractivity contribution in [2.45, 2.75) is 20.4 Å². The van der Waals surface area contributed by atoms with E-state index in [4.69, 9.17) is 4.74 Å². The molecule has 0 aliphatic rings. The van der Waals surface area contributed by atoms with Crippen molar-refractivity contribution >= 4 is 17.5 Å². The molecule has 3 N–H and O–H groups in total. The average molecular weight is 328 g/mol. The Morgan fingerprint density at radius 3 is 2.58 bits per heavy atom. The van der Waals surface area contributed by atoms with Gasteiger partial charge in [0.1, 0.15) is 0 Å². The SMILES string of the molecule is COc1cccc(CNC(=O)C(=O)Nc2cc(C)ccc2C)c1O. The summed E-state index contributed by atoms with van der Waals surface area (Å²) < 4.78 is 5.00. The zero-order valence-electron chi connectivity index (χ0n) is 13.8. The molecule has 0 saturated carbocycles. The summed E-state index contributed by atoms with van der Waals surface area (Å²) in [6, 6.07) is 10.5. The van der Waals surface area contributed by atoms with Gasteiger partial charge in [0.15, 0.2) is 11.5 Å². The van der Waals surface area contributed by atoms with Crippen molar-refractivity contribution in [3.63, 3.8) is 0 Å². The van der Waals surface area contributed by atoms with E-state index in [9.17, 15) is 14.7 Å². The molecule has 0 fully saturated rings. The number of hydrogen-bond acceptors (Lipinski definition) is 4. The van der Waals surface area contributed by atoms with Crippen molar-refractivity contribution in [3.8, 4) is 11.5 Å². The smallest absolute Gasteiger partial charge is 0.313 e. The number of benzene rings is 2. The highest BCUT2D eigenvalue weighted by molar-refractivity contribution is 6.39. The molecule has 2 aromatic carbocycles. The van der Waals surface area contributed by atoms with Crippen LogP contribution < -0.4 is 15.4 Å². The third-order valence-electron chi connectivity index (χ3n) is 3.59. The van der Waals surface area contributed by atoms with Crippen LogP contribution in [-0.2, 0) is 16.1 Å². The molecular formula is C18H20N2O4. The highest BCUT2D eigenvalue weighted by Crippen LogP contribution is 2.29. The van der Waals surface area contributed by atoms with Crippen LogP contribution in [0.25, 0.3) is 0 Å². The summed E-state index contributed by atoms with van der Waals surface area (Å²) in [5, 5.41) is 15.0. The summed E-state index contributed by atoms with van der Waals surface area (Å²) in [6.07, 6.45) is 0. The molecule has 0 radical (unpaired) electrons. The van der Waals surface area contributed by atoms with Gasteiger partial charge in [0.2, 0.25) is 0 Å². The second-order valence-corrected chi connectivity index (χ2v) is 5.42. The van der Waals surface area contributed by atoms with Crippen LogP contribution in [0.3, 0.4) is 0 Å². The Kier molecular flexibility index (Phi) is 5.42. The Morgan fingerprint density at radius 2 is 1.88 bits per heavy atom. The number of ether oxygens (including phenoxy) is 1. The predicted molar refractivity (Wildman–Crippen MR) is 91.1 cm³/mol. The van der Waals surface area contributed by atoms with E-state index < -0.39 is 11.8 Å². The number of carbonyl (C=O) groups is 2. The number of nitrogens with one attached hydrogen (secondary N) is 2. The van der Waals surface area contributed by atoms with Crippen LogP contribution in [0.1, 0.15) is 16.7 Å². The molecule has 2 rings (SSSR count). The first-order valence-electron chi connectivity index (χ1n) is 7.43. The zero-order valence-corrected chi connectivity index (χ0v) is 13.8. The maximum absolute atomic E-state index is 12.0. The lowest BCUT2D eigenvalue weighted by molar-refractivity contribution is -0.136.